The van der Waals surface area contributed by atoms with Crippen LogP contribution in [0.15, 0.2) is 47.1 Å². The molecule has 26 heavy (non-hydrogen) atoms. The lowest BCUT2D eigenvalue weighted by molar-refractivity contribution is -0.114. The van der Waals surface area contributed by atoms with E-state index < -0.39 is 0 Å². The molecule has 2 aromatic carbocycles. The number of hydrogen-bond acceptors (Lipinski definition) is 4. The van der Waals surface area contributed by atoms with Gasteiger partial charge in [-0.25, -0.2) is 0 Å². The average molecular weight is 391 g/mol. The largest absolute Gasteiger partial charge is 0.504 e. The molecule has 3 rings (SSSR count). The number of hydrazone groups is 1. The summed E-state index contributed by atoms with van der Waals surface area (Å²) in [6, 6.07) is 9.32. The van der Waals surface area contributed by atoms with Crippen LogP contribution in [0.5, 0.6) is 11.5 Å². The second-order valence-electron chi connectivity index (χ2n) is 6.16. The first-order valence-corrected chi connectivity index (χ1v) is 8.65. The first kappa shape index (κ1) is 18.3. The van der Waals surface area contributed by atoms with E-state index in [9.17, 15) is 15.0 Å². The van der Waals surface area contributed by atoms with Crippen LogP contribution < -0.4 is 5.01 Å². The molecule has 1 aliphatic heterocycles. The minimum atomic E-state index is -0.366. The molecule has 2 aromatic rings. The number of carbonyl (C=O) groups excluding carboxylic acids is 1. The van der Waals surface area contributed by atoms with Crippen LogP contribution in [0.25, 0.3) is 6.08 Å². The summed E-state index contributed by atoms with van der Waals surface area (Å²) >= 11 is 12.1. The van der Waals surface area contributed by atoms with Crippen molar-refractivity contribution < 1.29 is 15.0 Å². The Bertz CT molecular complexity index is 932. The van der Waals surface area contributed by atoms with Crippen molar-refractivity contribution in [3.8, 4) is 11.5 Å². The average Bonchev–Trinajstić information content (AvgIpc) is 2.88. The van der Waals surface area contributed by atoms with E-state index in [2.05, 4.69) is 5.10 Å². The fourth-order valence-electron chi connectivity index (χ4n) is 2.65. The Hall–Kier alpha value is -2.50. The zero-order valence-electron chi connectivity index (χ0n) is 14.1. The number of halogens is 2. The van der Waals surface area contributed by atoms with E-state index in [1.807, 2.05) is 13.8 Å². The highest BCUT2D eigenvalue weighted by molar-refractivity contribution is 6.36. The Morgan fingerprint density at radius 2 is 1.77 bits per heavy atom. The summed E-state index contributed by atoms with van der Waals surface area (Å²) in [6.07, 6.45) is 1.52. The fourth-order valence-corrected chi connectivity index (χ4v) is 3.16. The number of anilines is 1. The highest BCUT2D eigenvalue weighted by Gasteiger charge is 2.33. The van der Waals surface area contributed by atoms with E-state index in [1.54, 1.807) is 30.3 Å². The van der Waals surface area contributed by atoms with Crippen molar-refractivity contribution >= 4 is 46.6 Å². The van der Waals surface area contributed by atoms with Crippen molar-refractivity contribution in [1.29, 1.82) is 0 Å². The number of amides is 1. The van der Waals surface area contributed by atoms with E-state index >= 15 is 0 Å². The number of benzene rings is 2. The van der Waals surface area contributed by atoms with Gasteiger partial charge in [0.15, 0.2) is 11.5 Å². The summed E-state index contributed by atoms with van der Waals surface area (Å²) in [5.74, 6) is -0.953. The van der Waals surface area contributed by atoms with Crippen molar-refractivity contribution in [2.24, 2.45) is 11.0 Å². The molecule has 0 saturated heterocycles. The Kier molecular flexibility index (Phi) is 4.94. The summed E-state index contributed by atoms with van der Waals surface area (Å²) in [4.78, 5) is 13.0. The molecule has 0 unspecified atom stereocenters. The van der Waals surface area contributed by atoms with Crippen LogP contribution in [0, 0.1) is 5.92 Å². The molecule has 0 aromatic heterocycles. The lowest BCUT2D eigenvalue weighted by Gasteiger charge is -2.12. The third-order valence-corrected chi connectivity index (χ3v) is 4.33. The van der Waals surface area contributed by atoms with E-state index in [0.717, 1.165) is 0 Å². The predicted molar refractivity (Wildman–Crippen MR) is 104 cm³/mol. The minimum Gasteiger partial charge on any atom is -0.504 e. The Labute approximate surface area is 160 Å². The van der Waals surface area contributed by atoms with Crippen LogP contribution in [-0.4, -0.2) is 21.8 Å². The molecule has 0 radical (unpaired) electrons. The van der Waals surface area contributed by atoms with Crippen molar-refractivity contribution in [3.05, 3.63) is 57.6 Å². The number of para-hydroxylation sites is 1. The first-order valence-electron chi connectivity index (χ1n) is 7.90. The molecule has 0 saturated carbocycles. The van der Waals surface area contributed by atoms with Gasteiger partial charge in [-0.1, -0.05) is 49.2 Å². The summed E-state index contributed by atoms with van der Waals surface area (Å²) in [5, 5.41) is 26.1. The topological polar surface area (TPSA) is 73.1 Å². The second kappa shape index (κ2) is 7.02. The van der Waals surface area contributed by atoms with Crippen LogP contribution in [0.2, 0.25) is 10.0 Å². The van der Waals surface area contributed by atoms with E-state index in [0.29, 0.717) is 32.6 Å². The standard InChI is InChI=1S/C19H16Cl2N2O3/c1-10(2)17-15(6-11-4-3-5-16(24)18(11)25)19(26)23(22-17)14-8-12(20)7-13(21)9-14/h3-10,24-25H,1-2H3/b15-6-. The van der Waals surface area contributed by atoms with Gasteiger partial charge in [0.1, 0.15) is 0 Å². The molecular weight excluding hydrogens is 375 g/mol. The molecule has 0 spiro atoms. The van der Waals surface area contributed by atoms with E-state index in [4.69, 9.17) is 23.2 Å². The molecule has 2 N–H and O–H groups in total. The highest BCUT2D eigenvalue weighted by atomic mass is 35.5. The third-order valence-electron chi connectivity index (χ3n) is 3.89. The monoisotopic (exact) mass is 390 g/mol. The molecule has 1 aliphatic rings. The first-order chi connectivity index (χ1) is 12.3. The lowest BCUT2D eigenvalue weighted by atomic mass is 9.98. The van der Waals surface area contributed by atoms with Gasteiger partial charge in [-0.2, -0.15) is 10.1 Å². The highest BCUT2D eigenvalue weighted by Crippen LogP contribution is 2.34. The van der Waals surface area contributed by atoms with E-state index in [-0.39, 0.29) is 23.3 Å². The van der Waals surface area contributed by atoms with Crippen molar-refractivity contribution in [1.82, 2.24) is 0 Å². The van der Waals surface area contributed by atoms with Crippen LogP contribution in [0.3, 0.4) is 0 Å². The van der Waals surface area contributed by atoms with Crippen LogP contribution in [0.1, 0.15) is 19.4 Å². The number of rotatable bonds is 3. The van der Waals surface area contributed by atoms with Gasteiger partial charge >= 0.3 is 0 Å². The molecule has 134 valence electrons. The van der Waals surface area contributed by atoms with Crippen LogP contribution in [0.4, 0.5) is 5.69 Å². The maximum atomic E-state index is 13.0. The fraction of sp³-hybridized carbons (Fsp3) is 0.158. The van der Waals surface area contributed by atoms with Crippen LogP contribution >= 0.6 is 23.2 Å². The zero-order valence-corrected chi connectivity index (χ0v) is 15.6. The van der Waals surface area contributed by atoms with Gasteiger partial charge in [-0.05, 0) is 36.3 Å². The summed E-state index contributed by atoms with van der Waals surface area (Å²) in [5.41, 5.74) is 1.67. The van der Waals surface area contributed by atoms with Gasteiger partial charge in [-0.3, -0.25) is 4.79 Å². The maximum absolute atomic E-state index is 13.0. The zero-order chi connectivity index (χ0) is 19.0. The van der Waals surface area contributed by atoms with Crippen molar-refractivity contribution in [2.75, 3.05) is 5.01 Å². The summed E-state index contributed by atoms with van der Waals surface area (Å²) < 4.78 is 0. The number of carbonyl (C=O) groups is 1. The predicted octanol–water partition coefficient (Wildman–Crippen LogP) is 4.85. The molecule has 0 atom stereocenters. The molecule has 0 fully saturated rings. The molecule has 1 amide bonds. The quantitative estimate of drug-likeness (QED) is 0.581. The second-order valence-corrected chi connectivity index (χ2v) is 7.03. The van der Waals surface area contributed by atoms with Gasteiger partial charge in [-0.15, -0.1) is 0 Å². The summed E-state index contributed by atoms with van der Waals surface area (Å²) in [7, 11) is 0. The molecular formula is C19H16Cl2N2O3. The van der Waals surface area contributed by atoms with Gasteiger partial charge in [0.25, 0.3) is 5.91 Å². The number of nitrogens with zero attached hydrogens (tertiary/aromatic N) is 2. The summed E-state index contributed by atoms with van der Waals surface area (Å²) in [6.45, 7) is 3.83. The SMILES string of the molecule is CC(C)C1=NN(c2cc(Cl)cc(Cl)c2)C(=O)/C1=C\c1cccc(O)c1O. The van der Waals surface area contributed by atoms with Crippen molar-refractivity contribution in [3.63, 3.8) is 0 Å². The molecule has 0 aliphatic carbocycles. The Morgan fingerprint density at radius 1 is 1.12 bits per heavy atom. The lowest BCUT2D eigenvalue weighted by Crippen LogP contribution is -2.21. The number of phenols is 2. The van der Waals surface area contributed by atoms with Gasteiger partial charge in [0, 0.05) is 15.6 Å². The molecule has 7 heteroatoms. The Morgan fingerprint density at radius 3 is 2.38 bits per heavy atom. The van der Waals surface area contributed by atoms with Crippen molar-refractivity contribution in [2.45, 2.75) is 13.8 Å². The van der Waals surface area contributed by atoms with Gasteiger partial charge in [0.05, 0.1) is 17.0 Å². The normalized spacial score (nSPS) is 15.9. The minimum absolute atomic E-state index is 0.0377. The maximum Gasteiger partial charge on any atom is 0.280 e. The van der Waals surface area contributed by atoms with Crippen LogP contribution in [-0.2, 0) is 4.79 Å². The smallest absolute Gasteiger partial charge is 0.280 e. The molecule has 0 bridgehead atoms. The number of hydrogen-bond donors (Lipinski definition) is 2. The third kappa shape index (κ3) is 3.41. The number of aromatic hydroxyl groups is 2. The number of phenolic OH excluding ortho intramolecular Hbond substituents is 2. The van der Waals surface area contributed by atoms with E-state index in [1.165, 1.54) is 17.2 Å². The molecule has 5 nitrogen and oxygen atoms in total. The Balaban J connectivity index is 2.10. The molecule has 1 heterocycles. The van der Waals surface area contributed by atoms with Gasteiger partial charge in [0.2, 0.25) is 0 Å². The van der Waals surface area contributed by atoms with Gasteiger partial charge < -0.3 is 10.2 Å².